The van der Waals surface area contributed by atoms with Crippen LogP contribution in [0.1, 0.15) is 41.4 Å². The summed E-state index contributed by atoms with van der Waals surface area (Å²) in [6.45, 7) is 0. The molecular weight excluding hydrogens is 1040 g/mol. The van der Waals surface area contributed by atoms with Crippen LogP contribution in [-0.4, -0.2) is 44.3 Å². The third kappa shape index (κ3) is 11.5. The molecule has 0 unspecified atom stereocenters. The van der Waals surface area contributed by atoms with Crippen LogP contribution < -0.4 is 0 Å². The average Bonchev–Trinajstić information content (AvgIpc) is 3.74. The summed E-state index contributed by atoms with van der Waals surface area (Å²) in [7, 11) is 0. The Morgan fingerprint density at radius 2 is 0.226 bits per heavy atom. The van der Waals surface area contributed by atoms with Crippen molar-refractivity contribution in [1.82, 2.24) is 0 Å². The van der Waals surface area contributed by atoms with E-state index < -0.39 is 23.9 Å². The summed E-state index contributed by atoms with van der Waals surface area (Å²) < 4.78 is 0. The van der Waals surface area contributed by atoms with Gasteiger partial charge in [-0.1, -0.05) is 194 Å². The van der Waals surface area contributed by atoms with Crippen molar-refractivity contribution in [1.29, 1.82) is 0 Å². The van der Waals surface area contributed by atoms with Crippen molar-refractivity contribution in [3.8, 4) is 122 Å². The Labute approximate surface area is 484 Å². The summed E-state index contributed by atoms with van der Waals surface area (Å²) in [5.41, 5.74) is 23.0. The zero-order valence-electron chi connectivity index (χ0n) is 45.0. The highest BCUT2D eigenvalue weighted by molar-refractivity contribution is 5.92. The second-order valence-corrected chi connectivity index (χ2v) is 20.6. The molecule has 0 spiro atoms. The number of benzene rings is 12. The molecule has 0 heterocycles. The van der Waals surface area contributed by atoms with E-state index in [9.17, 15) is 39.6 Å². The third-order valence-corrected chi connectivity index (χ3v) is 15.4. The standard InChI is InChI=1S/C76H50O8/c77-73(78)63-33-25-53(26-34-63)49-5-17-59(18-6-49)69-41-67(42-70(45-69)60-19-7-50(8-20-60)54-27-35-64(36-28-54)74(79)80)57-13-1-47(2-14-57)48-3-15-58(16-4-48)68-43-71(61-21-9-51(10-22-61)55-29-37-65(38-30-55)75(81)82)46-72(44-68)62-23-11-52(12-24-62)56-31-39-66(40-32-56)76(83)84/h1-46H,(H,77,78)(H,79,80)(H,81,82)(H,83,84). The largest absolute Gasteiger partial charge is 0.478 e. The van der Waals surface area contributed by atoms with E-state index in [1.807, 2.05) is 48.5 Å². The molecule has 0 radical (unpaired) electrons. The minimum absolute atomic E-state index is 0.237. The smallest absolute Gasteiger partial charge is 0.335 e. The fourth-order valence-corrected chi connectivity index (χ4v) is 10.6. The lowest BCUT2D eigenvalue weighted by Gasteiger charge is -2.14. The maximum atomic E-state index is 11.5. The van der Waals surface area contributed by atoms with E-state index in [-0.39, 0.29) is 22.3 Å². The normalized spacial score (nSPS) is 11.0. The predicted molar refractivity (Wildman–Crippen MR) is 334 cm³/mol. The maximum Gasteiger partial charge on any atom is 0.335 e. The number of carboxylic acids is 4. The topological polar surface area (TPSA) is 149 Å². The van der Waals surface area contributed by atoms with Gasteiger partial charge in [-0.3, -0.25) is 0 Å². The summed E-state index contributed by atoms with van der Waals surface area (Å²) in [5, 5.41) is 37.7. The molecule has 0 saturated heterocycles. The molecule has 84 heavy (non-hydrogen) atoms. The van der Waals surface area contributed by atoms with Crippen LogP contribution in [0.5, 0.6) is 0 Å². The molecule has 0 saturated carbocycles. The van der Waals surface area contributed by atoms with Gasteiger partial charge in [0.1, 0.15) is 0 Å². The van der Waals surface area contributed by atoms with Gasteiger partial charge >= 0.3 is 23.9 Å². The number of rotatable bonds is 15. The zero-order chi connectivity index (χ0) is 57.8. The van der Waals surface area contributed by atoms with Gasteiger partial charge in [-0.05, 0) is 207 Å². The summed E-state index contributed by atoms with van der Waals surface area (Å²) in [4.78, 5) is 46.0. The van der Waals surface area contributed by atoms with Crippen LogP contribution in [-0.2, 0) is 0 Å². The van der Waals surface area contributed by atoms with Crippen molar-refractivity contribution in [2.45, 2.75) is 0 Å². The lowest BCUT2D eigenvalue weighted by atomic mass is 9.90. The molecule has 8 heteroatoms. The van der Waals surface area contributed by atoms with Crippen LogP contribution in [0.4, 0.5) is 0 Å². The van der Waals surface area contributed by atoms with Crippen molar-refractivity contribution in [3.63, 3.8) is 0 Å². The SMILES string of the molecule is O=C(O)c1ccc(-c2ccc(-c3cc(-c4ccc(-c5ccc(C(=O)O)cc5)cc4)cc(-c4ccc(-c5ccc(-c6cc(-c7ccc(-c8ccc(C(=O)O)cc8)cc7)cc(-c7ccc(-c8ccc(C(=O)O)cc8)cc7)c6)cc5)cc4)c3)cc2)cc1. The van der Waals surface area contributed by atoms with E-state index in [2.05, 4.69) is 182 Å². The fourth-order valence-electron chi connectivity index (χ4n) is 10.6. The van der Waals surface area contributed by atoms with Crippen molar-refractivity contribution in [3.05, 3.63) is 301 Å². The second-order valence-electron chi connectivity index (χ2n) is 20.6. The summed E-state index contributed by atoms with van der Waals surface area (Å²) in [6.07, 6.45) is 0. The van der Waals surface area contributed by atoms with E-state index in [1.54, 1.807) is 48.5 Å². The Balaban J connectivity index is 0.848. The molecule has 0 atom stereocenters. The molecule has 8 nitrogen and oxygen atoms in total. The lowest BCUT2D eigenvalue weighted by molar-refractivity contribution is 0.0686. The first kappa shape index (κ1) is 53.2. The predicted octanol–water partition coefficient (Wildman–Crippen LogP) is 18.8. The van der Waals surface area contributed by atoms with E-state index >= 15 is 0 Å². The molecule has 0 aliphatic carbocycles. The minimum Gasteiger partial charge on any atom is -0.478 e. The van der Waals surface area contributed by atoms with Gasteiger partial charge in [0, 0.05) is 0 Å². The number of hydrogen-bond donors (Lipinski definition) is 4. The molecule has 4 N–H and O–H groups in total. The highest BCUT2D eigenvalue weighted by Crippen LogP contribution is 2.39. The van der Waals surface area contributed by atoms with Gasteiger partial charge in [0.2, 0.25) is 0 Å². The van der Waals surface area contributed by atoms with Gasteiger partial charge in [0.15, 0.2) is 0 Å². The Kier molecular flexibility index (Phi) is 14.5. The molecule has 12 rings (SSSR count). The highest BCUT2D eigenvalue weighted by Gasteiger charge is 2.14. The second kappa shape index (κ2) is 22.9. The van der Waals surface area contributed by atoms with E-state index in [0.717, 1.165) is 122 Å². The van der Waals surface area contributed by atoms with Gasteiger partial charge in [0.05, 0.1) is 22.3 Å². The lowest BCUT2D eigenvalue weighted by Crippen LogP contribution is -1.95. The van der Waals surface area contributed by atoms with Crippen molar-refractivity contribution in [2.75, 3.05) is 0 Å². The number of carbonyl (C=O) groups is 4. The Hall–Kier alpha value is -11.5. The first-order valence-electron chi connectivity index (χ1n) is 27.1. The molecule has 0 fully saturated rings. The third-order valence-electron chi connectivity index (χ3n) is 15.4. The summed E-state index contributed by atoms with van der Waals surface area (Å²) in [5.74, 6) is -3.86. The van der Waals surface area contributed by atoms with Gasteiger partial charge in [0.25, 0.3) is 0 Å². The van der Waals surface area contributed by atoms with Gasteiger partial charge < -0.3 is 20.4 Å². The Morgan fingerprint density at radius 3 is 0.321 bits per heavy atom. The van der Waals surface area contributed by atoms with Gasteiger partial charge in [-0.25, -0.2) is 19.2 Å². The molecule has 12 aromatic rings. The first-order chi connectivity index (χ1) is 40.8. The number of carboxylic acid groups (broad SMARTS) is 4. The van der Waals surface area contributed by atoms with Crippen molar-refractivity contribution >= 4 is 23.9 Å². The van der Waals surface area contributed by atoms with Crippen LogP contribution in [0.15, 0.2) is 279 Å². The molecular formula is C76H50O8. The molecule has 0 aromatic heterocycles. The van der Waals surface area contributed by atoms with Gasteiger partial charge in [-0.15, -0.1) is 0 Å². The maximum absolute atomic E-state index is 11.5. The van der Waals surface area contributed by atoms with Crippen LogP contribution >= 0.6 is 0 Å². The zero-order valence-corrected chi connectivity index (χ0v) is 45.0. The summed E-state index contributed by atoms with van der Waals surface area (Å²) >= 11 is 0. The molecule has 402 valence electrons. The minimum atomic E-state index is -0.965. The average molecular weight is 1090 g/mol. The first-order valence-corrected chi connectivity index (χ1v) is 27.1. The quantitative estimate of drug-likeness (QED) is 0.0793. The fraction of sp³-hybridized carbons (Fsp3) is 0. The van der Waals surface area contributed by atoms with E-state index in [1.165, 1.54) is 0 Å². The Morgan fingerprint density at radius 1 is 0.143 bits per heavy atom. The molecule has 0 bridgehead atoms. The number of aromatic carboxylic acids is 4. The molecule has 0 aliphatic rings. The van der Waals surface area contributed by atoms with Crippen molar-refractivity contribution in [2.24, 2.45) is 0 Å². The van der Waals surface area contributed by atoms with E-state index in [4.69, 9.17) is 0 Å². The monoisotopic (exact) mass is 1090 g/mol. The van der Waals surface area contributed by atoms with Gasteiger partial charge in [-0.2, -0.15) is 0 Å². The van der Waals surface area contributed by atoms with E-state index in [0.29, 0.717) is 0 Å². The molecule has 0 amide bonds. The Bertz CT molecular complexity index is 3890. The molecule has 12 aromatic carbocycles. The highest BCUT2D eigenvalue weighted by atomic mass is 16.4. The van der Waals surface area contributed by atoms with Crippen LogP contribution in [0.25, 0.3) is 122 Å². The van der Waals surface area contributed by atoms with Crippen LogP contribution in [0, 0.1) is 0 Å². The van der Waals surface area contributed by atoms with Crippen LogP contribution in [0.3, 0.4) is 0 Å². The molecule has 0 aliphatic heterocycles. The number of hydrogen-bond acceptors (Lipinski definition) is 4. The summed E-state index contributed by atoms with van der Waals surface area (Å²) in [6, 6.07) is 91.1. The van der Waals surface area contributed by atoms with Crippen molar-refractivity contribution < 1.29 is 39.6 Å². The van der Waals surface area contributed by atoms with Crippen LogP contribution in [0.2, 0.25) is 0 Å².